The van der Waals surface area contributed by atoms with Gasteiger partial charge in [0.15, 0.2) is 6.61 Å². The van der Waals surface area contributed by atoms with Gasteiger partial charge in [-0.25, -0.2) is 4.79 Å². The molecule has 0 fully saturated rings. The highest BCUT2D eigenvalue weighted by Gasteiger charge is 2.17. The third kappa shape index (κ3) is 3.75. The van der Waals surface area contributed by atoms with E-state index in [-0.39, 0.29) is 12.5 Å². The lowest BCUT2D eigenvalue weighted by Crippen LogP contribution is -2.07. The summed E-state index contributed by atoms with van der Waals surface area (Å²) in [6, 6.07) is 18.7. The van der Waals surface area contributed by atoms with Gasteiger partial charge in [0.05, 0.1) is 7.11 Å². The van der Waals surface area contributed by atoms with Gasteiger partial charge in [0, 0.05) is 10.0 Å². The number of aromatic nitrogens is 2. The molecule has 0 aliphatic heterocycles. The number of hydrogen-bond donors (Lipinski definition) is 0. The number of benzene rings is 3. The van der Waals surface area contributed by atoms with Crippen molar-refractivity contribution in [2.75, 3.05) is 7.11 Å². The second-order valence-electron chi connectivity index (χ2n) is 5.98. The van der Waals surface area contributed by atoms with Crippen LogP contribution in [0.25, 0.3) is 22.2 Å². The molecule has 28 heavy (non-hydrogen) atoms. The molecule has 1 heterocycles. The number of fused-ring (bicyclic) bond motifs is 1. The van der Waals surface area contributed by atoms with Gasteiger partial charge in [-0.2, -0.15) is 0 Å². The van der Waals surface area contributed by atoms with Gasteiger partial charge >= 0.3 is 5.97 Å². The number of carbonyl (C=O) groups is 1. The highest BCUT2D eigenvalue weighted by Crippen LogP contribution is 2.27. The molecule has 3 aromatic carbocycles. The molecule has 0 saturated heterocycles. The highest BCUT2D eigenvalue weighted by atomic mass is 79.9. The summed E-state index contributed by atoms with van der Waals surface area (Å²) >= 11 is 3.38. The fraction of sp³-hybridized carbons (Fsp3) is 0.0952. The molecule has 4 rings (SSSR count). The average Bonchev–Trinajstić information content (AvgIpc) is 3.20. The van der Waals surface area contributed by atoms with Crippen molar-refractivity contribution in [3.63, 3.8) is 0 Å². The molecule has 0 aliphatic rings. The minimum absolute atomic E-state index is 0.127. The van der Waals surface area contributed by atoms with E-state index in [1.54, 1.807) is 6.07 Å². The number of halogens is 1. The third-order valence-corrected chi connectivity index (χ3v) is 4.70. The average molecular weight is 439 g/mol. The summed E-state index contributed by atoms with van der Waals surface area (Å²) in [6.07, 6.45) is 0. The Morgan fingerprint density at radius 3 is 2.46 bits per heavy atom. The second kappa shape index (κ2) is 7.82. The lowest BCUT2D eigenvalue weighted by molar-refractivity contribution is 0.0435. The molecule has 0 spiro atoms. The molecule has 1 aromatic heterocycles. The van der Waals surface area contributed by atoms with Crippen molar-refractivity contribution in [3.05, 3.63) is 76.6 Å². The van der Waals surface area contributed by atoms with E-state index < -0.39 is 5.97 Å². The Morgan fingerprint density at radius 1 is 1.04 bits per heavy atom. The maximum atomic E-state index is 12.6. The van der Waals surface area contributed by atoms with Crippen molar-refractivity contribution in [2.45, 2.75) is 6.61 Å². The first-order chi connectivity index (χ1) is 13.6. The number of ether oxygens (including phenoxy) is 2. The van der Waals surface area contributed by atoms with Gasteiger partial charge in [-0.15, -0.1) is 10.2 Å². The molecule has 140 valence electrons. The fourth-order valence-corrected chi connectivity index (χ4v) is 3.04. The zero-order valence-electron chi connectivity index (χ0n) is 14.9. The van der Waals surface area contributed by atoms with Crippen LogP contribution in [0.5, 0.6) is 5.75 Å². The number of nitrogens with zero attached hydrogens (tertiary/aromatic N) is 2. The summed E-state index contributed by atoms with van der Waals surface area (Å²) in [5.41, 5.74) is 1.12. The first-order valence-electron chi connectivity index (χ1n) is 8.46. The number of esters is 1. The van der Waals surface area contributed by atoms with Gasteiger partial charge in [0.2, 0.25) is 5.89 Å². The topological polar surface area (TPSA) is 74.5 Å². The normalized spacial score (nSPS) is 10.8. The summed E-state index contributed by atoms with van der Waals surface area (Å²) in [5.74, 6) is 0.503. The summed E-state index contributed by atoms with van der Waals surface area (Å²) < 4.78 is 17.2. The maximum Gasteiger partial charge on any atom is 0.342 e. The predicted octanol–water partition coefficient (Wildman–Crippen LogP) is 5.02. The number of rotatable bonds is 5. The van der Waals surface area contributed by atoms with Crippen molar-refractivity contribution in [1.29, 1.82) is 0 Å². The zero-order valence-corrected chi connectivity index (χ0v) is 16.5. The van der Waals surface area contributed by atoms with E-state index in [0.717, 1.165) is 20.8 Å². The van der Waals surface area contributed by atoms with Crippen LogP contribution in [0.2, 0.25) is 0 Å². The van der Waals surface area contributed by atoms with E-state index in [1.807, 2.05) is 54.6 Å². The lowest BCUT2D eigenvalue weighted by atomic mass is 10.1. The standard InChI is InChI=1S/C21H15BrN2O4/c1-26-18-11-15-5-3-2-4-14(15)10-17(18)21(25)27-12-19-23-24-20(28-19)13-6-8-16(22)9-7-13/h2-11H,12H2,1H3. The van der Waals surface area contributed by atoms with Gasteiger partial charge in [-0.05, 0) is 47.2 Å². The molecule has 6 nitrogen and oxygen atoms in total. The highest BCUT2D eigenvalue weighted by molar-refractivity contribution is 9.10. The molecule has 0 amide bonds. The van der Waals surface area contributed by atoms with Gasteiger partial charge < -0.3 is 13.9 Å². The van der Waals surface area contributed by atoms with Crippen molar-refractivity contribution >= 4 is 32.7 Å². The molecule has 7 heteroatoms. The van der Waals surface area contributed by atoms with Crippen LogP contribution in [-0.4, -0.2) is 23.3 Å². The molecule has 4 aromatic rings. The van der Waals surface area contributed by atoms with Crippen molar-refractivity contribution in [2.24, 2.45) is 0 Å². The van der Waals surface area contributed by atoms with Crippen molar-refractivity contribution in [3.8, 4) is 17.2 Å². The predicted molar refractivity (Wildman–Crippen MR) is 107 cm³/mol. The maximum absolute atomic E-state index is 12.6. The molecule has 0 atom stereocenters. The minimum atomic E-state index is -0.522. The summed E-state index contributed by atoms with van der Waals surface area (Å²) in [7, 11) is 1.52. The van der Waals surface area contributed by atoms with Crippen LogP contribution in [0.1, 0.15) is 16.2 Å². The zero-order chi connectivity index (χ0) is 19.5. The van der Waals surface area contributed by atoms with Crippen LogP contribution in [-0.2, 0) is 11.3 Å². The van der Waals surface area contributed by atoms with E-state index in [4.69, 9.17) is 13.9 Å². The van der Waals surface area contributed by atoms with E-state index in [9.17, 15) is 4.79 Å². The summed E-state index contributed by atoms with van der Waals surface area (Å²) in [6.45, 7) is -0.127. The van der Waals surface area contributed by atoms with Crippen LogP contribution in [0.3, 0.4) is 0 Å². The molecular formula is C21H15BrN2O4. The monoisotopic (exact) mass is 438 g/mol. The largest absolute Gasteiger partial charge is 0.496 e. The number of methoxy groups -OCH3 is 1. The second-order valence-corrected chi connectivity index (χ2v) is 6.90. The quantitative estimate of drug-likeness (QED) is 0.407. The summed E-state index contributed by atoms with van der Waals surface area (Å²) in [5, 5.41) is 9.83. The van der Waals surface area contributed by atoms with Crippen molar-refractivity contribution < 1.29 is 18.7 Å². The first kappa shape index (κ1) is 18.2. The lowest BCUT2D eigenvalue weighted by Gasteiger charge is -2.09. The molecular weight excluding hydrogens is 424 g/mol. The molecule has 0 saturated carbocycles. The SMILES string of the molecule is COc1cc2ccccc2cc1C(=O)OCc1nnc(-c2ccc(Br)cc2)o1. The van der Waals surface area contributed by atoms with E-state index >= 15 is 0 Å². The van der Waals surface area contributed by atoms with Crippen molar-refractivity contribution in [1.82, 2.24) is 10.2 Å². The molecule has 0 aliphatic carbocycles. The van der Waals surface area contributed by atoms with E-state index in [1.165, 1.54) is 7.11 Å². The Labute approximate surface area is 169 Å². The van der Waals surface area contributed by atoms with Gasteiger partial charge in [0.1, 0.15) is 11.3 Å². The molecule has 0 unspecified atom stereocenters. The minimum Gasteiger partial charge on any atom is -0.496 e. The number of hydrogen-bond acceptors (Lipinski definition) is 6. The smallest absolute Gasteiger partial charge is 0.342 e. The van der Waals surface area contributed by atoms with E-state index in [2.05, 4.69) is 26.1 Å². The molecule has 0 N–H and O–H groups in total. The summed E-state index contributed by atoms with van der Waals surface area (Å²) in [4.78, 5) is 12.6. The van der Waals surface area contributed by atoms with Crippen LogP contribution in [0.15, 0.2) is 69.6 Å². The van der Waals surface area contributed by atoms with Gasteiger partial charge in [-0.3, -0.25) is 0 Å². The fourth-order valence-electron chi connectivity index (χ4n) is 2.77. The van der Waals surface area contributed by atoms with Crippen LogP contribution in [0, 0.1) is 0 Å². The van der Waals surface area contributed by atoms with Crippen LogP contribution in [0.4, 0.5) is 0 Å². The Kier molecular flexibility index (Phi) is 5.08. The Bertz CT molecular complexity index is 1140. The third-order valence-electron chi connectivity index (χ3n) is 4.17. The van der Waals surface area contributed by atoms with Crippen LogP contribution < -0.4 is 4.74 Å². The molecule has 0 bridgehead atoms. The van der Waals surface area contributed by atoms with Gasteiger partial charge in [0.25, 0.3) is 5.89 Å². The van der Waals surface area contributed by atoms with Crippen LogP contribution >= 0.6 is 15.9 Å². The Balaban J connectivity index is 1.50. The Morgan fingerprint density at radius 2 is 1.75 bits per heavy atom. The Hall–Kier alpha value is -3.19. The van der Waals surface area contributed by atoms with E-state index in [0.29, 0.717) is 17.2 Å². The molecule has 0 radical (unpaired) electrons. The number of carbonyl (C=O) groups excluding carboxylic acids is 1. The first-order valence-corrected chi connectivity index (χ1v) is 9.25. The van der Waals surface area contributed by atoms with Gasteiger partial charge in [-0.1, -0.05) is 40.2 Å².